The maximum absolute atomic E-state index is 5.92. The molecule has 1 N–H and O–H groups in total. The number of aryl methyl sites for hydroxylation is 1. The fourth-order valence-corrected chi connectivity index (χ4v) is 1.39. The summed E-state index contributed by atoms with van der Waals surface area (Å²) in [6.45, 7) is 2.05. The second-order valence-corrected chi connectivity index (χ2v) is 3.37. The van der Waals surface area contributed by atoms with E-state index in [0.717, 1.165) is 11.3 Å². The monoisotopic (exact) mass is 192 g/mol. The van der Waals surface area contributed by atoms with Crippen LogP contribution < -0.4 is 0 Å². The Balaban J connectivity index is 2.47. The average Bonchev–Trinajstić information content (AvgIpc) is 2.53. The van der Waals surface area contributed by atoms with Crippen molar-refractivity contribution >= 4 is 11.6 Å². The number of aromatic nitrogens is 2. The van der Waals surface area contributed by atoms with E-state index in [1.165, 1.54) is 5.56 Å². The van der Waals surface area contributed by atoms with Gasteiger partial charge in [-0.3, -0.25) is 5.10 Å². The molecule has 2 aromatic rings. The van der Waals surface area contributed by atoms with E-state index in [9.17, 15) is 0 Å². The summed E-state index contributed by atoms with van der Waals surface area (Å²) < 4.78 is 0. The Morgan fingerprint density at radius 1 is 1.23 bits per heavy atom. The van der Waals surface area contributed by atoms with Gasteiger partial charge in [-0.1, -0.05) is 41.4 Å². The fraction of sp³-hybridized carbons (Fsp3) is 0.100. The maximum Gasteiger partial charge on any atom is 0.0862 e. The van der Waals surface area contributed by atoms with Crippen molar-refractivity contribution in [3.63, 3.8) is 0 Å². The summed E-state index contributed by atoms with van der Waals surface area (Å²) in [5.74, 6) is 0. The van der Waals surface area contributed by atoms with Gasteiger partial charge in [-0.15, -0.1) is 0 Å². The lowest BCUT2D eigenvalue weighted by atomic mass is 10.1. The minimum atomic E-state index is 0.656. The molecule has 0 saturated carbocycles. The van der Waals surface area contributed by atoms with Gasteiger partial charge in [-0.2, -0.15) is 5.10 Å². The summed E-state index contributed by atoms with van der Waals surface area (Å²) in [7, 11) is 0. The van der Waals surface area contributed by atoms with Crippen molar-refractivity contribution in [1.29, 1.82) is 0 Å². The lowest BCUT2D eigenvalue weighted by Crippen LogP contribution is -1.79. The van der Waals surface area contributed by atoms with Gasteiger partial charge >= 0.3 is 0 Å². The zero-order valence-electron chi connectivity index (χ0n) is 7.21. The highest BCUT2D eigenvalue weighted by Crippen LogP contribution is 2.24. The lowest BCUT2D eigenvalue weighted by molar-refractivity contribution is 1.09. The summed E-state index contributed by atoms with van der Waals surface area (Å²) in [5, 5.41) is 7.38. The number of nitrogens with zero attached hydrogens (tertiary/aromatic N) is 1. The van der Waals surface area contributed by atoms with Gasteiger partial charge in [0.15, 0.2) is 0 Å². The second-order valence-electron chi connectivity index (χ2n) is 2.96. The summed E-state index contributed by atoms with van der Waals surface area (Å²) in [6.07, 6.45) is 1.61. The van der Waals surface area contributed by atoms with Crippen LogP contribution in [0.1, 0.15) is 5.56 Å². The molecule has 0 spiro atoms. The van der Waals surface area contributed by atoms with Gasteiger partial charge in [0.25, 0.3) is 0 Å². The molecule has 66 valence electrons. The van der Waals surface area contributed by atoms with Crippen LogP contribution in [0.2, 0.25) is 5.02 Å². The van der Waals surface area contributed by atoms with Crippen LogP contribution in [0.5, 0.6) is 0 Å². The molecular weight excluding hydrogens is 184 g/mol. The molecule has 0 unspecified atom stereocenters. The quantitative estimate of drug-likeness (QED) is 0.739. The zero-order valence-corrected chi connectivity index (χ0v) is 7.97. The third-order valence-corrected chi connectivity index (χ3v) is 2.22. The Kier molecular flexibility index (Phi) is 2.07. The van der Waals surface area contributed by atoms with E-state index in [2.05, 4.69) is 17.1 Å². The summed E-state index contributed by atoms with van der Waals surface area (Å²) in [4.78, 5) is 0. The Morgan fingerprint density at radius 3 is 2.46 bits per heavy atom. The van der Waals surface area contributed by atoms with Crippen molar-refractivity contribution in [2.24, 2.45) is 0 Å². The summed E-state index contributed by atoms with van der Waals surface area (Å²) in [5.41, 5.74) is 3.18. The normalized spacial score (nSPS) is 10.3. The van der Waals surface area contributed by atoms with Crippen LogP contribution in [0.25, 0.3) is 11.3 Å². The fourth-order valence-electron chi connectivity index (χ4n) is 1.19. The molecule has 0 amide bonds. The van der Waals surface area contributed by atoms with Gasteiger partial charge in [0.05, 0.1) is 16.9 Å². The van der Waals surface area contributed by atoms with Crippen LogP contribution in [-0.4, -0.2) is 10.2 Å². The number of H-pyrrole nitrogens is 1. The first-order valence-electron chi connectivity index (χ1n) is 4.03. The van der Waals surface area contributed by atoms with Crippen molar-refractivity contribution in [3.05, 3.63) is 41.0 Å². The molecule has 0 aliphatic rings. The molecular formula is C10H9ClN2. The number of hydrogen-bond donors (Lipinski definition) is 1. The van der Waals surface area contributed by atoms with Gasteiger partial charge < -0.3 is 0 Å². The van der Waals surface area contributed by atoms with Crippen LogP contribution in [0, 0.1) is 6.92 Å². The molecule has 0 radical (unpaired) electrons. The van der Waals surface area contributed by atoms with Gasteiger partial charge in [0.1, 0.15) is 0 Å². The van der Waals surface area contributed by atoms with Crippen LogP contribution >= 0.6 is 11.6 Å². The minimum Gasteiger partial charge on any atom is -0.276 e. The van der Waals surface area contributed by atoms with Gasteiger partial charge in [0, 0.05) is 5.56 Å². The number of nitrogens with one attached hydrogen (secondary N) is 1. The van der Waals surface area contributed by atoms with Gasteiger partial charge in [-0.25, -0.2) is 0 Å². The minimum absolute atomic E-state index is 0.656. The number of benzene rings is 1. The number of halogens is 1. The van der Waals surface area contributed by atoms with E-state index in [1.54, 1.807) is 6.20 Å². The molecule has 1 aromatic carbocycles. The number of hydrogen-bond acceptors (Lipinski definition) is 1. The van der Waals surface area contributed by atoms with Crippen molar-refractivity contribution in [3.8, 4) is 11.3 Å². The van der Waals surface area contributed by atoms with Gasteiger partial charge in [0.2, 0.25) is 0 Å². The largest absolute Gasteiger partial charge is 0.276 e. The maximum atomic E-state index is 5.92. The predicted molar refractivity (Wildman–Crippen MR) is 53.8 cm³/mol. The summed E-state index contributed by atoms with van der Waals surface area (Å²) >= 11 is 5.92. The average molecular weight is 193 g/mol. The highest BCUT2D eigenvalue weighted by molar-refractivity contribution is 6.32. The van der Waals surface area contributed by atoms with Crippen molar-refractivity contribution < 1.29 is 0 Å². The SMILES string of the molecule is Cc1ccc(-c2[nH]ncc2Cl)cc1. The van der Waals surface area contributed by atoms with Crippen molar-refractivity contribution in [1.82, 2.24) is 10.2 Å². The number of aromatic amines is 1. The van der Waals surface area contributed by atoms with E-state index < -0.39 is 0 Å². The first-order chi connectivity index (χ1) is 6.27. The Hall–Kier alpha value is -1.28. The molecule has 0 aliphatic carbocycles. The lowest BCUT2D eigenvalue weighted by Gasteiger charge is -1.98. The van der Waals surface area contributed by atoms with E-state index >= 15 is 0 Å². The van der Waals surface area contributed by atoms with Crippen molar-refractivity contribution in [2.75, 3.05) is 0 Å². The Bertz CT molecular complexity index is 403. The van der Waals surface area contributed by atoms with E-state index in [0.29, 0.717) is 5.02 Å². The third kappa shape index (κ3) is 1.58. The summed E-state index contributed by atoms with van der Waals surface area (Å²) in [6, 6.07) is 8.14. The first-order valence-corrected chi connectivity index (χ1v) is 4.41. The Morgan fingerprint density at radius 2 is 1.92 bits per heavy atom. The standard InChI is InChI=1S/C10H9ClN2/c1-7-2-4-8(5-3-7)10-9(11)6-12-13-10/h2-6H,1H3,(H,12,13). The predicted octanol–water partition coefficient (Wildman–Crippen LogP) is 3.04. The van der Waals surface area contributed by atoms with Gasteiger partial charge in [-0.05, 0) is 6.92 Å². The Labute approximate surface area is 81.6 Å². The van der Waals surface area contributed by atoms with E-state index in [-0.39, 0.29) is 0 Å². The molecule has 0 aliphatic heterocycles. The third-order valence-electron chi connectivity index (χ3n) is 1.93. The van der Waals surface area contributed by atoms with Crippen molar-refractivity contribution in [2.45, 2.75) is 6.92 Å². The molecule has 2 nitrogen and oxygen atoms in total. The molecule has 2 rings (SSSR count). The zero-order chi connectivity index (χ0) is 9.26. The first kappa shape index (κ1) is 8.32. The van der Waals surface area contributed by atoms with Crippen LogP contribution in [0.3, 0.4) is 0 Å². The molecule has 1 heterocycles. The number of rotatable bonds is 1. The topological polar surface area (TPSA) is 28.7 Å². The molecule has 0 saturated heterocycles. The van der Waals surface area contributed by atoms with Crippen LogP contribution in [-0.2, 0) is 0 Å². The smallest absolute Gasteiger partial charge is 0.0862 e. The van der Waals surface area contributed by atoms with E-state index in [4.69, 9.17) is 11.6 Å². The van der Waals surface area contributed by atoms with Crippen LogP contribution in [0.15, 0.2) is 30.5 Å². The molecule has 3 heteroatoms. The van der Waals surface area contributed by atoms with Crippen LogP contribution in [0.4, 0.5) is 0 Å². The molecule has 13 heavy (non-hydrogen) atoms. The van der Waals surface area contributed by atoms with E-state index in [1.807, 2.05) is 24.3 Å². The second kappa shape index (κ2) is 3.23. The highest BCUT2D eigenvalue weighted by Gasteiger charge is 2.03. The molecule has 0 bridgehead atoms. The molecule has 0 fully saturated rings. The molecule has 1 aromatic heterocycles. The highest BCUT2D eigenvalue weighted by atomic mass is 35.5. The molecule has 0 atom stereocenters.